The second-order valence-corrected chi connectivity index (χ2v) is 7.03. The van der Waals surface area contributed by atoms with Crippen LogP contribution in [0.1, 0.15) is 117 Å². The predicted molar refractivity (Wildman–Crippen MR) is 111 cm³/mol. The fraction of sp³-hybridized carbons (Fsp3) is 0.955. The summed E-state index contributed by atoms with van der Waals surface area (Å²) in [6.07, 6.45) is 21.0. The Morgan fingerprint density at radius 1 is 0.615 bits per heavy atom. The molecule has 0 heterocycles. The average Bonchev–Trinajstić information content (AvgIpc) is 2.64. The molecule has 0 atom stereocenters. The number of carboxylic acid groups (broad SMARTS) is 1. The Morgan fingerprint density at radius 3 is 1.15 bits per heavy atom. The fourth-order valence-corrected chi connectivity index (χ4v) is 2.78. The molecule has 26 heavy (non-hydrogen) atoms. The van der Waals surface area contributed by atoms with E-state index in [1.54, 1.807) is 0 Å². The fourth-order valence-electron chi connectivity index (χ4n) is 2.78. The van der Waals surface area contributed by atoms with Crippen molar-refractivity contribution in [1.29, 1.82) is 0 Å². The molecule has 0 saturated carbocycles. The standard InChI is InChI=1S/C20H42O.C2H4O3/c1-3-5-7-9-11-13-15-17-19-21-20-18-16-14-12-10-8-6-4-2;1-5-2(3)4/h3-20H2,1-2H3;1H3,(H,3,4). The van der Waals surface area contributed by atoms with E-state index < -0.39 is 6.16 Å². The van der Waals surface area contributed by atoms with Gasteiger partial charge >= 0.3 is 6.16 Å². The number of hydrogen-bond acceptors (Lipinski definition) is 3. The normalized spacial score (nSPS) is 10.3. The highest BCUT2D eigenvalue weighted by atomic mass is 16.6. The van der Waals surface area contributed by atoms with E-state index in [4.69, 9.17) is 14.6 Å². The maximum absolute atomic E-state index is 9.15. The van der Waals surface area contributed by atoms with Gasteiger partial charge in [-0.1, -0.05) is 104 Å². The molecule has 0 aliphatic heterocycles. The van der Waals surface area contributed by atoms with E-state index in [2.05, 4.69) is 18.6 Å². The molecule has 158 valence electrons. The number of carbonyl (C=O) groups is 1. The lowest BCUT2D eigenvalue weighted by Crippen LogP contribution is -1.97. The molecule has 0 aliphatic rings. The molecule has 0 rings (SSSR count). The molecule has 0 aromatic heterocycles. The zero-order valence-corrected chi connectivity index (χ0v) is 17.9. The predicted octanol–water partition coefficient (Wildman–Crippen LogP) is 7.60. The lowest BCUT2D eigenvalue weighted by Gasteiger charge is -2.05. The van der Waals surface area contributed by atoms with Crippen molar-refractivity contribution in [2.75, 3.05) is 20.3 Å². The summed E-state index contributed by atoms with van der Waals surface area (Å²) < 4.78 is 9.39. The first kappa shape index (κ1) is 27.4. The molecule has 0 saturated heterocycles. The highest BCUT2D eigenvalue weighted by Crippen LogP contribution is 2.10. The first-order valence-electron chi connectivity index (χ1n) is 11.0. The summed E-state index contributed by atoms with van der Waals surface area (Å²) in [6, 6.07) is 0. The van der Waals surface area contributed by atoms with Crippen LogP contribution in [0.2, 0.25) is 0 Å². The Bertz CT molecular complexity index is 239. The Morgan fingerprint density at radius 2 is 0.885 bits per heavy atom. The van der Waals surface area contributed by atoms with Gasteiger partial charge in [0, 0.05) is 13.2 Å². The maximum Gasteiger partial charge on any atom is 0.505 e. The van der Waals surface area contributed by atoms with Crippen molar-refractivity contribution < 1.29 is 19.4 Å². The molecule has 0 aromatic carbocycles. The molecule has 0 amide bonds. The summed E-state index contributed by atoms with van der Waals surface area (Å²) >= 11 is 0. The Kier molecular flexibility index (Phi) is 27.9. The summed E-state index contributed by atoms with van der Waals surface area (Å²) in [5.74, 6) is 0. The molecule has 0 aliphatic carbocycles. The Hall–Kier alpha value is -0.770. The molecular weight excluding hydrogens is 328 g/mol. The Labute approximate surface area is 163 Å². The van der Waals surface area contributed by atoms with Crippen LogP contribution < -0.4 is 0 Å². The molecule has 0 fully saturated rings. The van der Waals surface area contributed by atoms with Gasteiger partial charge in [-0.25, -0.2) is 4.79 Å². The van der Waals surface area contributed by atoms with Crippen LogP contribution in [0.3, 0.4) is 0 Å². The minimum Gasteiger partial charge on any atom is -0.450 e. The summed E-state index contributed by atoms with van der Waals surface area (Å²) in [7, 11) is 1.10. The Balaban J connectivity index is 0. The van der Waals surface area contributed by atoms with Crippen LogP contribution in [0.5, 0.6) is 0 Å². The van der Waals surface area contributed by atoms with Gasteiger partial charge in [0.25, 0.3) is 0 Å². The van der Waals surface area contributed by atoms with Gasteiger partial charge in [-0.15, -0.1) is 0 Å². The maximum atomic E-state index is 9.15. The summed E-state index contributed by atoms with van der Waals surface area (Å²) in [4.78, 5) is 9.15. The summed E-state index contributed by atoms with van der Waals surface area (Å²) in [5.41, 5.74) is 0. The molecule has 4 heteroatoms. The highest BCUT2D eigenvalue weighted by molar-refractivity contribution is 5.56. The van der Waals surface area contributed by atoms with E-state index in [1.807, 2.05) is 0 Å². The van der Waals surface area contributed by atoms with Gasteiger partial charge in [0.15, 0.2) is 0 Å². The van der Waals surface area contributed by atoms with E-state index in [9.17, 15) is 0 Å². The zero-order chi connectivity index (χ0) is 19.7. The van der Waals surface area contributed by atoms with Crippen LogP contribution in [0, 0.1) is 0 Å². The SMILES string of the molecule is CCCCCCCCCCOCCCCCCCCCC.COC(=O)O. The number of hydrogen-bond donors (Lipinski definition) is 1. The van der Waals surface area contributed by atoms with Crippen molar-refractivity contribution >= 4 is 6.16 Å². The summed E-state index contributed by atoms with van der Waals surface area (Å²) in [5, 5.41) is 7.50. The molecule has 1 N–H and O–H groups in total. The first-order chi connectivity index (χ1) is 12.7. The minimum atomic E-state index is -1.25. The third-order valence-electron chi connectivity index (χ3n) is 4.46. The quantitative estimate of drug-likeness (QED) is 0.198. The molecule has 4 nitrogen and oxygen atoms in total. The van der Waals surface area contributed by atoms with Gasteiger partial charge < -0.3 is 14.6 Å². The minimum absolute atomic E-state index is 0.992. The monoisotopic (exact) mass is 374 g/mol. The third-order valence-corrected chi connectivity index (χ3v) is 4.46. The van der Waals surface area contributed by atoms with Crippen LogP contribution in [0.25, 0.3) is 0 Å². The molecule has 0 bridgehead atoms. The lowest BCUT2D eigenvalue weighted by atomic mass is 10.1. The van der Waals surface area contributed by atoms with E-state index in [0.717, 1.165) is 20.3 Å². The largest absolute Gasteiger partial charge is 0.505 e. The zero-order valence-electron chi connectivity index (χ0n) is 17.9. The first-order valence-corrected chi connectivity index (χ1v) is 11.0. The van der Waals surface area contributed by atoms with E-state index in [-0.39, 0.29) is 0 Å². The van der Waals surface area contributed by atoms with Crippen LogP contribution >= 0.6 is 0 Å². The van der Waals surface area contributed by atoms with Gasteiger partial charge in [-0.05, 0) is 12.8 Å². The van der Waals surface area contributed by atoms with Crippen molar-refractivity contribution in [3.63, 3.8) is 0 Å². The van der Waals surface area contributed by atoms with Crippen LogP contribution in [0.4, 0.5) is 4.79 Å². The van der Waals surface area contributed by atoms with Crippen LogP contribution in [0.15, 0.2) is 0 Å². The molecule has 0 aromatic rings. The highest BCUT2D eigenvalue weighted by Gasteiger charge is 1.94. The van der Waals surface area contributed by atoms with Gasteiger partial charge in [0.2, 0.25) is 0 Å². The number of ether oxygens (including phenoxy) is 2. The second kappa shape index (κ2) is 26.5. The van der Waals surface area contributed by atoms with E-state index in [0.29, 0.717) is 0 Å². The van der Waals surface area contributed by atoms with Crippen molar-refractivity contribution in [3.05, 3.63) is 0 Å². The van der Waals surface area contributed by atoms with E-state index in [1.165, 1.54) is 103 Å². The number of methoxy groups -OCH3 is 1. The lowest BCUT2D eigenvalue weighted by molar-refractivity contribution is 0.113. The van der Waals surface area contributed by atoms with Crippen molar-refractivity contribution in [1.82, 2.24) is 0 Å². The second-order valence-electron chi connectivity index (χ2n) is 7.03. The molecule has 0 spiro atoms. The van der Waals surface area contributed by atoms with Gasteiger partial charge in [0.1, 0.15) is 0 Å². The topological polar surface area (TPSA) is 55.8 Å². The molecule has 0 radical (unpaired) electrons. The van der Waals surface area contributed by atoms with E-state index >= 15 is 0 Å². The van der Waals surface area contributed by atoms with Gasteiger partial charge in [-0.2, -0.15) is 0 Å². The molecule has 0 unspecified atom stereocenters. The van der Waals surface area contributed by atoms with Gasteiger partial charge in [-0.3, -0.25) is 0 Å². The number of rotatable bonds is 18. The third kappa shape index (κ3) is 31.0. The van der Waals surface area contributed by atoms with Crippen LogP contribution in [-0.2, 0) is 9.47 Å². The number of unbranched alkanes of at least 4 members (excludes halogenated alkanes) is 14. The molecular formula is C22H46O4. The smallest absolute Gasteiger partial charge is 0.450 e. The summed E-state index contributed by atoms with van der Waals surface area (Å²) in [6.45, 7) is 6.55. The van der Waals surface area contributed by atoms with Crippen LogP contribution in [-0.4, -0.2) is 31.6 Å². The van der Waals surface area contributed by atoms with Crippen molar-refractivity contribution in [2.24, 2.45) is 0 Å². The van der Waals surface area contributed by atoms with Gasteiger partial charge in [0.05, 0.1) is 7.11 Å². The van der Waals surface area contributed by atoms with Crippen molar-refractivity contribution in [2.45, 2.75) is 117 Å². The average molecular weight is 375 g/mol. The van der Waals surface area contributed by atoms with Crippen molar-refractivity contribution in [3.8, 4) is 0 Å².